The third-order valence-electron chi connectivity index (χ3n) is 6.49. The molecule has 5 rings (SSSR count). The number of methoxy groups -OCH3 is 2. The first kappa shape index (κ1) is 16.7. The third kappa shape index (κ3) is 3.34. The molecule has 0 unspecified atom stereocenters. The lowest BCUT2D eigenvalue weighted by Gasteiger charge is -2.54. The molecule has 0 aliphatic heterocycles. The van der Waals surface area contributed by atoms with Crippen LogP contribution in [0, 0.1) is 17.8 Å². The lowest BCUT2D eigenvalue weighted by molar-refractivity contribution is -0.729. The van der Waals surface area contributed by atoms with Crippen molar-refractivity contribution in [3.63, 3.8) is 0 Å². The van der Waals surface area contributed by atoms with Gasteiger partial charge in [0.25, 0.3) is 5.91 Å². The van der Waals surface area contributed by atoms with Crippen molar-refractivity contribution in [3.8, 4) is 11.5 Å². The van der Waals surface area contributed by atoms with Gasteiger partial charge in [0.15, 0.2) is 6.54 Å². The van der Waals surface area contributed by atoms with Crippen LogP contribution in [0.25, 0.3) is 0 Å². The molecule has 4 aliphatic carbocycles. The highest BCUT2D eigenvalue weighted by Gasteiger charge is 2.53. The van der Waals surface area contributed by atoms with E-state index in [0.717, 1.165) is 23.5 Å². The maximum atomic E-state index is 12.5. The van der Waals surface area contributed by atoms with Gasteiger partial charge in [-0.2, -0.15) is 0 Å². The fourth-order valence-electron chi connectivity index (χ4n) is 5.84. The summed E-state index contributed by atoms with van der Waals surface area (Å²) >= 11 is 0. The van der Waals surface area contributed by atoms with Gasteiger partial charge in [0.2, 0.25) is 0 Å². The van der Waals surface area contributed by atoms with Crippen LogP contribution in [0.4, 0.5) is 5.69 Å². The molecule has 3 N–H and O–H groups in total. The van der Waals surface area contributed by atoms with Crippen molar-refractivity contribution in [1.29, 1.82) is 0 Å². The first-order chi connectivity index (χ1) is 12.1. The van der Waals surface area contributed by atoms with Crippen molar-refractivity contribution in [2.75, 3.05) is 26.1 Å². The molecule has 4 saturated carbocycles. The summed E-state index contributed by atoms with van der Waals surface area (Å²) in [6.45, 7) is 0.487. The molecule has 4 bridgehead atoms. The van der Waals surface area contributed by atoms with E-state index in [1.54, 1.807) is 20.3 Å². The monoisotopic (exact) mass is 345 g/mol. The number of amides is 1. The molecular formula is C20H29N2O3+. The van der Waals surface area contributed by atoms with Crippen molar-refractivity contribution < 1.29 is 19.6 Å². The van der Waals surface area contributed by atoms with Crippen molar-refractivity contribution in [2.24, 2.45) is 17.8 Å². The summed E-state index contributed by atoms with van der Waals surface area (Å²) in [5, 5.41) is 5.33. The highest BCUT2D eigenvalue weighted by atomic mass is 16.5. The molecule has 4 aliphatic rings. The van der Waals surface area contributed by atoms with Gasteiger partial charge in [-0.25, -0.2) is 0 Å². The fraction of sp³-hybridized carbons (Fsp3) is 0.650. The van der Waals surface area contributed by atoms with E-state index in [4.69, 9.17) is 9.47 Å². The average Bonchev–Trinajstić information content (AvgIpc) is 2.59. The van der Waals surface area contributed by atoms with Crippen LogP contribution in [-0.4, -0.2) is 32.2 Å². The summed E-state index contributed by atoms with van der Waals surface area (Å²) in [6.07, 6.45) is 8.21. The molecular weight excluding hydrogens is 316 g/mol. The molecule has 25 heavy (non-hydrogen) atoms. The van der Waals surface area contributed by atoms with E-state index >= 15 is 0 Å². The highest BCUT2D eigenvalue weighted by molar-refractivity contribution is 5.93. The predicted octanol–water partition coefficient (Wildman–Crippen LogP) is 2.17. The number of rotatable bonds is 6. The maximum Gasteiger partial charge on any atom is 0.279 e. The van der Waals surface area contributed by atoms with E-state index in [1.807, 2.05) is 12.1 Å². The average molecular weight is 345 g/mol. The third-order valence-corrected chi connectivity index (χ3v) is 6.49. The lowest BCUT2D eigenvalue weighted by atomic mass is 9.53. The van der Waals surface area contributed by atoms with Gasteiger partial charge in [-0.1, -0.05) is 0 Å². The molecule has 0 radical (unpaired) electrons. The molecule has 1 aromatic rings. The van der Waals surface area contributed by atoms with E-state index in [0.29, 0.717) is 23.5 Å². The number of quaternary nitrogens is 1. The number of ether oxygens (including phenoxy) is 2. The Labute approximate surface area is 149 Å². The van der Waals surface area contributed by atoms with E-state index in [9.17, 15) is 4.79 Å². The Bertz CT molecular complexity index is 623. The Hall–Kier alpha value is -1.75. The Morgan fingerprint density at radius 3 is 2.32 bits per heavy atom. The molecule has 1 aromatic carbocycles. The largest absolute Gasteiger partial charge is 0.497 e. The van der Waals surface area contributed by atoms with Gasteiger partial charge in [0, 0.05) is 25.3 Å². The summed E-state index contributed by atoms with van der Waals surface area (Å²) in [7, 11) is 3.22. The van der Waals surface area contributed by atoms with E-state index in [1.165, 1.54) is 38.5 Å². The number of carbonyl (C=O) groups excluding carboxylic acids is 1. The van der Waals surface area contributed by atoms with Crippen molar-refractivity contribution in [2.45, 2.75) is 44.1 Å². The standard InChI is InChI=1S/C20H28N2O3/c1-24-16-3-4-17(18(8-16)25-2)22-19(23)12-21-20-9-13-5-14(10-20)7-15(6-13)11-20/h3-4,8,13-15,21H,5-7,9-12H2,1-2H3,(H,22,23)/p+1. The van der Waals surface area contributed by atoms with Gasteiger partial charge < -0.3 is 20.1 Å². The molecule has 136 valence electrons. The smallest absolute Gasteiger partial charge is 0.279 e. The Morgan fingerprint density at radius 1 is 1.12 bits per heavy atom. The summed E-state index contributed by atoms with van der Waals surface area (Å²) in [5.74, 6) is 4.11. The van der Waals surface area contributed by atoms with Crippen LogP contribution in [0.1, 0.15) is 38.5 Å². The Balaban J connectivity index is 1.37. The number of hydrogen-bond acceptors (Lipinski definition) is 3. The maximum absolute atomic E-state index is 12.5. The molecule has 5 heteroatoms. The van der Waals surface area contributed by atoms with Gasteiger partial charge in [-0.15, -0.1) is 0 Å². The molecule has 0 spiro atoms. The molecule has 0 atom stereocenters. The zero-order valence-electron chi connectivity index (χ0n) is 15.2. The minimum absolute atomic E-state index is 0.0409. The SMILES string of the molecule is COc1ccc(NC(=O)C[NH2+]C23CC4CC(CC(C4)C2)C3)c(OC)c1. The Morgan fingerprint density at radius 2 is 1.76 bits per heavy atom. The molecule has 0 aromatic heterocycles. The zero-order valence-corrected chi connectivity index (χ0v) is 15.2. The molecule has 1 amide bonds. The number of benzene rings is 1. The molecule has 0 saturated heterocycles. The quantitative estimate of drug-likeness (QED) is 0.830. The van der Waals surface area contributed by atoms with Gasteiger partial charge >= 0.3 is 0 Å². The minimum atomic E-state index is 0.0409. The predicted molar refractivity (Wildman–Crippen MR) is 95.9 cm³/mol. The van der Waals surface area contributed by atoms with Gasteiger partial charge in [0.05, 0.1) is 25.4 Å². The zero-order chi connectivity index (χ0) is 17.4. The van der Waals surface area contributed by atoms with Gasteiger partial charge in [-0.05, 0) is 49.1 Å². The van der Waals surface area contributed by atoms with Crippen LogP contribution >= 0.6 is 0 Å². The Kier molecular flexibility index (Phi) is 4.36. The normalized spacial score (nSPS) is 32.5. The summed E-state index contributed by atoms with van der Waals surface area (Å²) in [4.78, 5) is 12.5. The van der Waals surface area contributed by atoms with Crippen LogP contribution in [0.3, 0.4) is 0 Å². The number of anilines is 1. The lowest BCUT2D eigenvalue weighted by Crippen LogP contribution is -3.00. The van der Waals surface area contributed by atoms with Crippen molar-refractivity contribution in [3.05, 3.63) is 18.2 Å². The second-order valence-corrected chi connectivity index (χ2v) is 8.30. The number of hydrogen-bond donors (Lipinski definition) is 2. The number of carbonyl (C=O) groups is 1. The second-order valence-electron chi connectivity index (χ2n) is 8.30. The van der Waals surface area contributed by atoms with Crippen molar-refractivity contribution in [1.82, 2.24) is 0 Å². The first-order valence-corrected chi connectivity index (χ1v) is 9.45. The van der Waals surface area contributed by atoms with Crippen LogP contribution < -0.4 is 20.1 Å². The minimum Gasteiger partial charge on any atom is -0.497 e. The van der Waals surface area contributed by atoms with Crippen LogP contribution in [0.2, 0.25) is 0 Å². The molecule has 4 fully saturated rings. The molecule has 0 heterocycles. The fourth-order valence-corrected chi connectivity index (χ4v) is 5.84. The summed E-state index contributed by atoms with van der Waals surface area (Å²) in [5.41, 5.74) is 1.03. The van der Waals surface area contributed by atoms with E-state index in [-0.39, 0.29) is 5.91 Å². The second kappa shape index (κ2) is 6.52. The first-order valence-electron chi connectivity index (χ1n) is 9.45. The molecule has 5 nitrogen and oxygen atoms in total. The highest BCUT2D eigenvalue weighted by Crippen LogP contribution is 2.54. The summed E-state index contributed by atoms with van der Waals surface area (Å²) < 4.78 is 10.6. The topological polar surface area (TPSA) is 64.2 Å². The van der Waals surface area contributed by atoms with Gasteiger partial charge in [-0.3, -0.25) is 4.79 Å². The van der Waals surface area contributed by atoms with Crippen LogP contribution in [0.5, 0.6) is 11.5 Å². The number of nitrogens with one attached hydrogen (secondary N) is 1. The van der Waals surface area contributed by atoms with Crippen LogP contribution in [-0.2, 0) is 4.79 Å². The van der Waals surface area contributed by atoms with E-state index in [2.05, 4.69) is 10.6 Å². The number of nitrogens with two attached hydrogens (primary N) is 1. The van der Waals surface area contributed by atoms with Gasteiger partial charge in [0.1, 0.15) is 11.5 Å². The van der Waals surface area contributed by atoms with Crippen LogP contribution in [0.15, 0.2) is 18.2 Å². The van der Waals surface area contributed by atoms with Crippen molar-refractivity contribution >= 4 is 11.6 Å². The summed E-state index contributed by atoms with van der Waals surface area (Å²) in [6, 6.07) is 5.46. The van der Waals surface area contributed by atoms with E-state index < -0.39 is 0 Å².